The second-order valence-corrected chi connectivity index (χ2v) is 8.21. The minimum Gasteiger partial charge on any atom is -0.328 e. The lowest BCUT2D eigenvalue weighted by Crippen LogP contribution is -2.42. The number of carbonyl (C=O) groups is 1. The number of rotatable bonds is 3. The van der Waals surface area contributed by atoms with Crippen molar-refractivity contribution in [2.75, 3.05) is 13.1 Å². The summed E-state index contributed by atoms with van der Waals surface area (Å²) in [6.45, 7) is 6.39. The Balaban J connectivity index is 1.66. The lowest BCUT2D eigenvalue weighted by Gasteiger charge is -2.36. The Hall–Kier alpha value is -2.54. The summed E-state index contributed by atoms with van der Waals surface area (Å²) in [5, 5.41) is 0. The number of hydrogen-bond acceptors (Lipinski definition) is 4. The van der Waals surface area contributed by atoms with Gasteiger partial charge in [0.05, 0.1) is 11.7 Å². The third-order valence-corrected chi connectivity index (χ3v) is 6.02. The fourth-order valence-corrected chi connectivity index (χ4v) is 4.29. The zero-order valence-electron chi connectivity index (χ0n) is 16.9. The molecule has 2 aliphatic heterocycles. The Kier molecular flexibility index (Phi) is 5.50. The molecule has 1 aromatic carbocycles. The van der Waals surface area contributed by atoms with Crippen LogP contribution in [0.4, 0.5) is 4.39 Å². The van der Waals surface area contributed by atoms with Crippen LogP contribution in [0.2, 0.25) is 0 Å². The molecule has 0 unspecified atom stereocenters. The molecule has 4 rings (SSSR count). The van der Waals surface area contributed by atoms with Gasteiger partial charge >= 0.3 is 0 Å². The van der Waals surface area contributed by atoms with Crippen molar-refractivity contribution in [3.63, 3.8) is 0 Å². The van der Waals surface area contributed by atoms with Crippen molar-refractivity contribution in [3.8, 4) is 0 Å². The zero-order valence-corrected chi connectivity index (χ0v) is 16.9. The molecule has 1 N–H and O–H groups in total. The number of carbonyl (C=O) groups excluding carboxylic acids is 1. The summed E-state index contributed by atoms with van der Waals surface area (Å²) in [6, 6.07) is 5.73. The number of hydrogen-bond donors (Lipinski definition) is 1. The normalized spacial score (nSPS) is 20.0. The van der Waals surface area contributed by atoms with Crippen LogP contribution in [0, 0.1) is 5.82 Å². The third kappa shape index (κ3) is 3.96. The standard InChI is InChI=1S/C22H27FN4O2/c1-14(2)26-12-10-17-18(13-26)24-20(25-21(17)28)19-5-3-4-11-27(19)22(29)15-6-8-16(23)9-7-15/h6-9,14,19H,3-5,10-13H2,1-2H3,(H,24,25,28)/t19-/m0/s1. The Morgan fingerprint density at radius 1 is 1.21 bits per heavy atom. The third-order valence-electron chi connectivity index (χ3n) is 6.02. The number of amides is 1. The Morgan fingerprint density at radius 3 is 2.69 bits per heavy atom. The molecule has 6 nitrogen and oxygen atoms in total. The summed E-state index contributed by atoms with van der Waals surface area (Å²) in [6.07, 6.45) is 3.32. The van der Waals surface area contributed by atoms with Crippen LogP contribution in [0.3, 0.4) is 0 Å². The molecule has 0 radical (unpaired) electrons. The van der Waals surface area contributed by atoms with Gasteiger partial charge in [0, 0.05) is 36.8 Å². The number of piperidine rings is 1. The summed E-state index contributed by atoms with van der Waals surface area (Å²) in [4.78, 5) is 37.7. The van der Waals surface area contributed by atoms with Crippen LogP contribution in [0.15, 0.2) is 29.1 Å². The van der Waals surface area contributed by atoms with Gasteiger partial charge in [0.1, 0.15) is 11.6 Å². The molecular weight excluding hydrogens is 371 g/mol. The van der Waals surface area contributed by atoms with E-state index in [1.54, 1.807) is 4.90 Å². The number of halogens is 1. The van der Waals surface area contributed by atoms with Crippen LogP contribution in [-0.4, -0.2) is 44.8 Å². The molecule has 1 aromatic heterocycles. The van der Waals surface area contributed by atoms with E-state index in [9.17, 15) is 14.0 Å². The summed E-state index contributed by atoms with van der Waals surface area (Å²) in [7, 11) is 0. The van der Waals surface area contributed by atoms with Crippen LogP contribution in [0.1, 0.15) is 66.6 Å². The number of fused-ring (bicyclic) bond motifs is 1. The van der Waals surface area contributed by atoms with Gasteiger partial charge in [-0.05, 0) is 63.8 Å². The first-order valence-corrected chi connectivity index (χ1v) is 10.4. The highest BCUT2D eigenvalue weighted by Gasteiger charge is 2.32. The summed E-state index contributed by atoms with van der Waals surface area (Å²) in [5.41, 5.74) is 1.94. The molecule has 0 aliphatic carbocycles. The molecule has 3 heterocycles. The highest BCUT2D eigenvalue weighted by Crippen LogP contribution is 2.31. The Bertz CT molecular complexity index is 954. The van der Waals surface area contributed by atoms with Crippen molar-refractivity contribution in [1.82, 2.24) is 19.8 Å². The van der Waals surface area contributed by atoms with Gasteiger partial charge in [-0.2, -0.15) is 0 Å². The first-order valence-electron chi connectivity index (χ1n) is 10.4. The smallest absolute Gasteiger partial charge is 0.254 e. The van der Waals surface area contributed by atoms with E-state index in [-0.39, 0.29) is 23.3 Å². The Labute approximate surface area is 169 Å². The molecule has 7 heteroatoms. The maximum atomic E-state index is 13.2. The summed E-state index contributed by atoms with van der Waals surface area (Å²) < 4.78 is 13.2. The van der Waals surface area contributed by atoms with E-state index >= 15 is 0 Å². The van der Waals surface area contributed by atoms with Gasteiger partial charge in [0.25, 0.3) is 11.5 Å². The number of aromatic amines is 1. The number of benzene rings is 1. The number of likely N-dealkylation sites (tertiary alicyclic amines) is 1. The lowest BCUT2D eigenvalue weighted by molar-refractivity contribution is 0.0598. The molecule has 0 spiro atoms. The van der Waals surface area contributed by atoms with Crippen LogP contribution in [0.5, 0.6) is 0 Å². The molecular formula is C22H27FN4O2. The Morgan fingerprint density at radius 2 is 1.97 bits per heavy atom. The van der Waals surface area contributed by atoms with Gasteiger partial charge in [-0.25, -0.2) is 9.37 Å². The predicted octanol–water partition coefficient (Wildman–Crippen LogP) is 3.04. The van der Waals surface area contributed by atoms with E-state index < -0.39 is 0 Å². The van der Waals surface area contributed by atoms with E-state index in [2.05, 4.69) is 23.7 Å². The average molecular weight is 398 g/mol. The molecule has 1 amide bonds. The predicted molar refractivity (Wildman–Crippen MR) is 108 cm³/mol. The van der Waals surface area contributed by atoms with E-state index in [1.165, 1.54) is 24.3 Å². The molecule has 0 saturated carbocycles. The van der Waals surface area contributed by atoms with Crippen LogP contribution < -0.4 is 5.56 Å². The molecule has 1 fully saturated rings. The highest BCUT2D eigenvalue weighted by atomic mass is 19.1. The van der Waals surface area contributed by atoms with Gasteiger partial charge < -0.3 is 9.88 Å². The van der Waals surface area contributed by atoms with Gasteiger partial charge in [-0.15, -0.1) is 0 Å². The minimum atomic E-state index is -0.368. The molecule has 29 heavy (non-hydrogen) atoms. The van der Waals surface area contributed by atoms with Crippen molar-refractivity contribution < 1.29 is 9.18 Å². The fraction of sp³-hybridized carbons (Fsp3) is 0.500. The molecule has 1 saturated heterocycles. The second-order valence-electron chi connectivity index (χ2n) is 8.21. The monoisotopic (exact) mass is 398 g/mol. The van der Waals surface area contributed by atoms with Crippen molar-refractivity contribution in [1.29, 1.82) is 0 Å². The number of nitrogens with one attached hydrogen (secondary N) is 1. The molecule has 2 aliphatic rings. The topological polar surface area (TPSA) is 69.3 Å². The summed E-state index contributed by atoms with van der Waals surface area (Å²) in [5.74, 6) is 0.0422. The van der Waals surface area contributed by atoms with Crippen LogP contribution >= 0.6 is 0 Å². The molecule has 0 bridgehead atoms. The highest BCUT2D eigenvalue weighted by molar-refractivity contribution is 5.94. The lowest BCUT2D eigenvalue weighted by atomic mass is 9.99. The van der Waals surface area contributed by atoms with E-state index in [4.69, 9.17) is 4.98 Å². The van der Waals surface area contributed by atoms with E-state index in [0.717, 1.165) is 37.1 Å². The number of aromatic nitrogens is 2. The first kappa shape index (κ1) is 19.8. The van der Waals surface area contributed by atoms with Gasteiger partial charge in [0.2, 0.25) is 0 Å². The largest absolute Gasteiger partial charge is 0.328 e. The average Bonchev–Trinajstić information content (AvgIpc) is 2.73. The SMILES string of the molecule is CC(C)N1CCc2c(nc([C@@H]3CCCCN3C(=O)c3ccc(F)cc3)[nH]c2=O)C1. The first-order chi connectivity index (χ1) is 13.9. The molecule has 2 aromatic rings. The zero-order chi connectivity index (χ0) is 20.5. The van der Waals surface area contributed by atoms with Crippen molar-refractivity contribution in [2.24, 2.45) is 0 Å². The summed E-state index contributed by atoms with van der Waals surface area (Å²) >= 11 is 0. The van der Waals surface area contributed by atoms with Gasteiger partial charge in [-0.3, -0.25) is 14.5 Å². The van der Waals surface area contributed by atoms with Crippen molar-refractivity contribution >= 4 is 5.91 Å². The van der Waals surface area contributed by atoms with Gasteiger partial charge in [-0.1, -0.05) is 0 Å². The van der Waals surface area contributed by atoms with Crippen molar-refractivity contribution in [3.05, 3.63) is 63.1 Å². The maximum Gasteiger partial charge on any atom is 0.254 e. The van der Waals surface area contributed by atoms with E-state index in [0.29, 0.717) is 36.9 Å². The van der Waals surface area contributed by atoms with Crippen molar-refractivity contribution in [2.45, 2.75) is 58.2 Å². The number of nitrogens with zero attached hydrogens (tertiary/aromatic N) is 3. The van der Waals surface area contributed by atoms with Crippen LogP contribution in [-0.2, 0) is 13.0 Å². The van der Waals surface area contributed by atoms with Gasteiger partial charge in [0.15, 0.2) is 0 Å². The maximum absolute atomic E-state index is 13.2. The fourth-order valence-electron chi connectivity index (χ4n) is 4.29. The second kappa shape index (κ2) is 8.06. The quantitative estimate of drug-likeness (QED) is 0.863. The molecule has 1 atom stereocenters. The van der Waals surface area contributed by atoms with Crippen LogP contribution in [0.25, 0.3) is 0 Å². The van der Waals surface area contributed by atoms with E-state index in [1.807, 2.05) is 0 Å². The molecule has 154 valence electrons. The minimum absolute atomic E-state index is 0.0897. The number of H-pyrrole nitrogens is 1.